The number of aliphatic carboxylic acids is 1. The Bertz CT molecular complexity index is 74.1. The number of aliphatic hydroxyl groups is 1. The average molecular weight is 88.1 g/mol. The summed E-state index contributed by atoms with van der Waals surface area (Å²) < 4.78 is 0. The summed E-state index contributed by atoms with van der Waals surface area (Å²) in [6.45, 7) is 0. The van der Waals surface area contributed by atoms with Gasteiger partial charge in [-0.1, -0.05) is 0 Å². The number of rotatable bonds is 1. The molecular weight excluding hydrogens is 84.0 g/mol. The lowest BCUT2D eigenvalue weighted by molar-refractivity contribution is -0.131. The first kappa shape index (κ1) is 5.01. The minimum absolute atomic E-state index is 0.475. The summed E-state index contributed by atoms with van der Waals surface area (Å²) in [6, 6.07) is 0. The van der Waals surface area contributed by atoms with E-state index in [1.54, 1.807) is 0 Å². The summed E-state index contributed by atoms with van der Waals surface area (Å²) in [5.41, 5.74) is 0. The van der Waals surface area contributed by atoms with Crippen molar-refractivity contribution in [3.8, 4) is 0 Å². The Hall–Kier alpha value is -0.990. The third kappa shape index (κ3) is 3.01. The van der Waals surface area contributed by atoms with Gasteiger partial charge in [-0.05, 0) is 0 Å². The van der Waals surface area contributed by atoms with Gasteiger partial charge in [0.15, 0.2) is 0 Å². The zero-order chi connectivity index (χ0) is 4.99. The molecule has 0 spiro atoms. The van der Waals surface area contributed by atoms with Crippen molar-refractivity contribution < 1.29 is 15.0 Å². The van der Waals surface area contributed by atoms with Gasteiger partial charge in [-0.3, -0.25) is 0 Å². The number of hydrogen-bond acceptors (Lipinski definition) is 2. The summed E-state index contributed by atoms with van der Waals surface area (Å²) in [4.78, 5) is 9.35. The Kier molecular flexibility index (Phi) is 1.89. The lowest BCUT2D eigenvalue weighted by Gasteiger charge is -1.68. The molecule has 3 nitrogen and oxygen atoms in total. The van der Waals surface area contributed by atoms with Crippen molar-refractivity contribution >= 4 is 5.97 Å². The second-order valence-electron chi connectivity index (χ2n) is 0.654. The number of carboxylic acid groups (broad SMARTS) is 1. The van der Waals surface area contributed by atoms with E-state index < -0.39 is 5.97 Å². The third-order valence-electron chi connectivity index (χ3n) is 0.217. The molecule has 0 aromatic heterocycles. The average Bonchev–Trinajstić information content (AvgIpc) is 1.35. The van der Waals surface area contributed by atoms with E-state index in [-0.39, 0.29) is 0 Å². The molecule has 0 saturated carbocycles. The highest BCUT2D eigenvalue weighted by Crippen LogP contribution is 1.62. The highest BCUT2D eigenvalue weighted by Gasteiger charge is 1.78. The van der Waals surface area contributed by atoms with Gasteiger partial charge in [0.05, 0.1) is 12.3 Å². The van der Waals surface area contributed by atoms with Crippen LogP contribution in [-0.2, 0) is 4.79 Å². The summed E-state index contributed by atoms with van der Waals surface area (Å²) in [5, 5.41) is 15.3. The second-order valence-corrected chi connectivity index (χ2v) is 0.654. The molecule has 0 rings (SSSR count). The third-order valence-corrected chi connectivity index (χ3v) is 0.217. The fourth-order valence-electron chi connectivity index (χ4n) is 0.0638. The number of aliphatic hydroxyl groups excluding tert-OH is 1. The molecule has 0 amide bonds. The molecule has 0 aliphatic rings. The zero-order valence-electron chi connectivity index (χ0n) is 2.96. The Morgan fingerprint density at radius 1 is 1.67 bits per heavy atom. The monoisotopic (exact) mass is 88.0 g/mol. The van der Waals surface area contributed by atoms with Gasteiger partial charge in [0.1, 0.15) is 0 Å². The predicted molar refractivity (Wildman–Crippen MR) is 19.4 cm³/mol. The first-order valence-electron chi connectivity index (χ1n) is 1.31. The predicted octanol–water partition coefficient (Wildman–Crippen LogP) is 0.143. The van der Waals surface area contributed by atoms with E-state index in [0.29, 0.717) is 12.3 Å². The molecule has 0 bridgehead atoms. The Morgan fingerprint density at radius 2 is 2.17 bits per heavy atom. The molecule has 0 atom stereocenters. The summed E-state index contributed by atoms with van der Waals surface area (Å²) >= 11 is 0. The van der Waals surface area contributed by atoms with Gasteiger partial charge < -0.3 is 10.2 Å². The van der Waals surface area contributed by atoms with E-state index in [2.05, 4.69) is 0 Å². The van der Waals surface area contributed by atoms with Gasteiger partial charge >= 0.3 is 5.97 Å². The molecule has 0 aromatic carbocycles. The highest BCUT2D eigenvalue weighted by molar-refractivity contribution is 5.79. The van der Waals surface area contributed by atoms with Gasteiger partial charge in [0.2, 0.25) is 0 Å². The van der Waals surface area contributed by atoms with Crippen LogP contribution >= 0.6 is 0 Å². The van der Waals surface area contributed by atoms with Gasteiger partial charge in [-0.25, -0.2) is 4.79 Å². The van der Waals surface area contributed by atoms with Gasteiger partial charge in [0.25, 0.3) is 0 Å². The molecule has 0 unspecified atom stereocenters. The molecule has 6 heavy (non-hydrogen) atoms. The quantitative estimate of drug-likeness (QED) is 0.354. The molecule has 2 N–H and O–H groups in total. The van der Waals surface area contributed by atoms with Gasteiger partial charge in [-0.2, -0.15) is 0 Å². The van der Waals surface area contributed by atoms with E-state index >= 15 is 0 Å². The van der Waals surface area contributed by atoms with Crippen LogP contribution in [0.1, 0.15) is 0 Å². The topological polar surface area (TPSA) is 57.5 Å². The van der Waals surface area contributed by atoms with Gasteiger partial charge in [-0.15, -0.1) is 0 Å². The molecule has 0 heterocycles. The van der Waals surface area contributed by atoms with E-state index in [1.807, 2.05) is 0 Å². The van der Waals surface area contributed by atoms with Crippen molar-refractivity contribution in [1.82, 2.24) is 0 Å². The van der Waals surface area contributed by atoms with Crippen LogP contribution in [0.3, 0.4) is 0 Å². The van der Waals surface area contributed by atoms with E-state index in [1.165, 1.54) is 0 Å². The van der Waals surface area contributed by atoms with E-state index in [0.717, 1.165) is 0 Å². The number of carboxylic acids is 1. The van der Waals surface area contributed by atoms with Crippen molar-refractivity contribution in [3.63, 3.8) is 0 Å². The van der Waals surface area contributed by atoms with Crippen LogP contribution in [0.4, 0.5) is 0 Å². The maximum atomic E-state index is 9.35. The summed E-state index contributed by atoms with van der Waals surface area (Å²) in [6.07, 6.45) is 1.11. The van der Waals surface area contributed by atoms with Crippen LogP contribution in [0.15, 0.2) is 12.3 Å². The molecule has 34 valence electrons. The second kappa shape index (κ2) is 2.26. The Morgan fingerprint density at radius 3 is 2.17 bits per heavy atom. The zero-order valence-corrected chi connectivity index (χ0v) is 2.96. The molecule has 0 aromatic rings. The van der Waals surface area contributed by atoms with E-state index in [9.17, 15) is 4.79 Å². The van der Waals surface area contributed by atoms with Crippen molar-refractivity contribution in [2.24, 2.45) is 0 Å². The molecule has 3 heteroatoms. The Labute approximate surface area is 34.5 Å². The fourth-order valence-corrected chi connectivity index (χ4v) is 0.0638. The van der Waals surface area contributed by atoms with Gasteiger partial charge in [0, 0.05) is 0 Å². The fraction of sp³-hybridized carbons (Fsp3) is 0. The molecule has 0 aliphatic heterocycles. The highest BCUT2D eigenvalue weighted by atomic mass is 16.4. The number of hydrogen-bond donors (Lipinski definition) is 2. The maximum Gasteiger partial charge on any atom is 0.331 e. The van der Waals surface area contributed by atoms with Crippen LogP contribution in [0.2, 0.25) is 0 Å². The lowest BCUT2D eigenvalue weighted by Crippen LogP contribution is -1.84. The maximum absolute atomic E-state index is 9.35. The van der Waals surface area contributed by atoms with Crippen LogP contribution in [0.25, 0.3) is 0 Å². The normalized spacial score (nSPS) is 9.33. The summed E-state index contributed by atoms with van der Waals surface area (Å²) in [7, 11) is 0. The first-order chi connectivity index (χ1) is 2.77. The smallest absolute Gasteiger partial charge is 0.331 e. The Balaban J connectivity index is 3.30. The lowest BCUT2D eigenvalue weighted by atomic mass is 10.7. The van der Waals surface area contributed by atoms with Crippen molar-refractivity contribution in [2.75, 3.05) is 0 Å². The van der Waals surface area contributed by atoms with Crippen molar-refractivity contribution in [1.29, 1.82) is 0 Å². The van der Waals surface area contributed by atoms with Crippen LogP contribution in [0, 0.1) is 0 Å². The molecule has 0 radical (unpaired) electrons. The van der Waals surface area contributed by atoms with Crippen LogP contribution in [-0.4, -0.2) is 16.2 Å². The minimum atomic E-state index is -1.14. The van der Waals surface area contributed by atoms with E-state index in [4.69, 9.17) is 10.2 Å². The molecule has 0 aliphatic carbocycles. The summed E-state index contributed by atoms with van der Waals surface area (Å²) in [5.74, 6) is -1.14. The van der Waals surface area contributed by atoms with Crippen LogP contribution in [0.5, 0.6) is 0 Å². The SMILES string of the molecule is O=C(O)/C=C\O. The first-order valence-corrected chi connectivity index (χ1v) is 1.31. The van der Waals surface area contributed by atoms with Crippen molar-refractivity contribution in [2.45, 2.75) is 0 Å². The molecule has 0 fully saturated rings. The van der Waals surface area contributed by atoms with Crippen LogP contribution < -0.4 is 0 Å². The number of carbonyl (C=O) groups is 1. The minimum Gasteiger partial charge on any atom is -0.515 e. The molecular formula is C3H4O3. The standard InChI is InChI=1S/C3H4O3/c4-2-1-3(5)6/h1-2,4H,(H,5,6)/b2-1-. The molecule has 0 saturated heterocycles. The van der Waals surface area contributed by atoms with Crippen molar-refractivity contribution in [3.05, 3.63) is 12.3 Å². The largest absolute Gasteiger partial charge is 0.515 e.